The Morgan fingerprint density at radius 3 is 2.59 bits per heavy atom. The van der Waals surface area contributed by atoms with Crippen LogP contribution in [0.25, 0.3) is 0 Å². The summed E-state index contributed by atoms with van der Waals surface area (Å²) in [7, 11) is 3.13. The van der Waals surface area contributed by atoms with Crippen molar-refractivity contribution in [2.24, 2.45) is 7.05 Å². The molecule has 1 rings (SSSR count). The van der Waals surface area contributed by atoms with Crippen LogP contribution in [-0.4, -0.2) is 39.0 Å². The molecule has 0 aliphatic rings. The van der Waals surface area contributed by atoms with E-state index >= 15 is 0 Å². The molecule has 0 saturated carbocycles. The molecule has 0 aromatic carbocycles. The van der Waals surface area contributed by atoms with Gasteiger partial charge in [-0.05, 0) is 6.92 Å². The number of hydrogen-bond donors (Lipinski definition) is 3. The number of imide groups is 1. The fourth-order valence-electron chi connectivity index (χ4n) is 0.916. The molecule has 0 aliphatic heterocycles. The van der Waals surface area contributed by atoms with E-state index in [0.29, 0.717) is 5.16 Å². The van der Waals surface area contributed by atoms with Gasteiger partial charge in [-0.25, -0.2) is 4.79 Å². The fraction of sp³-hybridized carbons (Fsp3) is 0.500. The lowest BCUT2D eigenvalue weighted by Gasteiger charge is -2.09. The minimum Gasteiger partial charge on any atom is -0.368 e. The number of urea groups is 1. The lowest BCUT2D eigenvalue weighted by atomic mass is 10.4. The minimum atomic E-state index is -0.542. The molecule has 0 spiro atoms. The van der Waals surface area contributed by atoms with Crippen LogP contribution in [0.5, 0.6) is 0 Å². The van der Waals surface area contributed by atoms with E-state index in [-0.39, 0.29) is 5.95 Å². The quantitative estimate of drug-likeness (QED) is 0.620. The Morgan fingerprint density at radius 2 is 2.12 bits per heavy atom. The zero-order valence-electron chi connectivity index (χ0n) is 9.72. The van der Waals surface area contributed by atoms with Crippen molar-refractivity contribution in [2.75, 3.05) is 12.8 Å². The van der Waals surface area contributed by atoms with Crippen molar-refractivity contribution in [3.05, 3.63) is 0 Å². The molecule has 1 atom stereocenters. The second kappa shape index (κ2) is 5.53. The molecule has 9 heteroatoms. The Balaban J connectivity index is 2.60. The largest absolute Gasteiger partial charge is 0.368 e. The van der Waals surface area contributed by atoms with Crippen molar-refractivity contribution in [1.29, 1.82) is 0 Å². The lowest BCUT2D eigenvalue weighted by molar-refractivity contribution is -0.119. The summed E-state index contributed by atoms with van der Waals surface area (Å²) in [6.45, 7) is 1.66. The first-order valence-electron chi connectivity index (χ1n) is 4.79. The first kappa shape index (κ1) is 13.3. The number of nitrogens with one attached hydrogen (secondary N) is 2. The van der Waals surface area contributed by atoms with Gasteiger partial charge in [0.25, 0.3) is 0 Å². The molecule has 1 aromatic heterocycles. The SMILES string of the molecule is CNC(=O)NC(=O)C(C)Sc1nnc(N)n1C. The molecule has 8 nitrogen and oxygen atoms in total. The van der Waals surface area contributed by atoms with Crippen LogP contribution in [0.2, 0.25) is 0 Å². The highest BCUT2D eigenvalue weighted by atomic mass is 32.2. The number of carbonyl (C=O) groups excluding carboxylic acids is 2. The van der Waals surface area contributed by atoms with Crippen LogP contribution in [0.4, 0.5) is 10.7 Å². The van der Waals surface area contributed by atoms with Crippen LogP contribution >= 0.6 is 11.8 Å². The van der Waals surface area contributed by atoms with E-state index in [0.717, 1.165) is 0 Å². The molecule has 4 N–H and O–H groups in total. The van der Waals surface area contributed by atoms with Gasteiger partial charge >= 0.3 is 6.03 Å². The van der Waals surface area contributed by atoms with Crippen LogP contribution in [0.15, 0.2) is 5.16 Å². The molecule has 1 unspecified atom stereocenters. The molecular formula is C8H14N6O2S. The fourth-order valence-corrected chi connectivity index (χ4v) is 1.74. The number of nitrogens with zero attached hydrogens (tertiary/aromatic N) is 3. The van der Waals surface area contributed by atoms with E-state index in [2.05, 4.69) is 20.8 Å². The van der Waals surface area contributed by atoms with Gasteiger partial charge in [0.15, 0.2) is 5.16 Å². The summed E-state index contributed by atoms with van der Waals surface area (Å²) >= 11 is 1.17. The standard InChI is InChI=1S/C8H14N6O2S/c1-4(5(15)11-7(16)10-2)17-8-13-12-6(9)14(8)3/h4H,1-3H3,(H2,9,12)(H2,10,11,15,16). The molecule has 1 heterocycles. The Labute approximate surface area is 102 Å². The average molecular weight is 258 g/mol. The Morgan fingerprint density at radius 1 is 1.47 bits per heavy atom. The number of thioether (sulfide) groups is 1. The van der Waals surface area contributed by atoms with Crippen molar-refractivity contribution >= 4 is 29.6 Å². The van der Waals surface area contributed by atoms with E-state index in [9.17, 15) is 9.59 Å². The third kappa shape index (κ3) is 3.34. The van der Waals surface area contributed by atoms with Crippen LogP contribution in [0.3, 0.4) is 0 Å². The van der Waals surface area contributed by atoms with Crippen molar-refractivity contribution in [2.45, 2.75) is 17.3 Å². The van der Waals surface area contributed by atoms with Gasteiger partial charge in [0.2, 0.25) is 11.9 Å². The van der Waals surface area contributed by atoms with Gasteiger partial charge in [0, 0.05) is 14.1 Å². The number of rotatable bonds is 3. The molecule has 17 heavy (non-hydrogen) atoms. The van der Waals surface area contributed by atoms with Crippen LogP contribution in [0.1, 0.15) is 6.92 Å². The van der Waals surface area contributed by atoms with E-state index in [4.69, 9.17) is 5.73 Å². The van der Waals surface area contributed by atoms with Gasteiger partial charge in [-0.1, -0.05) is 11.8 Å². The highest BCUT2D eigenvalue weighted by Crippen LogP contribution is 2.21. The van der Waals surface area contributed by atoms with E-state index in [1.165, 1.54) is 18.8 Å². The molecule has 0 saturated heterocycles. The summed E-state index contributed by atoms with van der Waals surface area (Å²) < 4.78 is 1.56. The average Bonchev–Trinajstić information content (AvgIpc) is 2.60. The summed E-state index contributed by atoms with van der Waals surface area (Å²) in [5.41, 5.74) is 5.51. The van der Waals surface area contributed by atoms with Crippen molar-refractivity contribution in [1.82, 2.24) is 25.4 Å². The van der Waals surface area contributed by atoms with Crippen LogP contribution in [0, 0.1) is 0 Å². The number of hydrogen-bond acceptors (Lipinski definition) is 6. The number of aromatic nitrogens is 3. The highest BCUT2D eigenvalue weighted by Gasteiger charge is 2.19. The summed E-state index contributed by atoms with van der Waals surface area (Å²) in [6.07, 6.45) is 0. The van der Waals surface area contributed by atoms with E-state index in [1.54, 1.807) is 18.5 Å². The van der Waals surface area contributed by atoms with Crippen molar-refractivity contribution < 1.29 is 9.59 Å². The minimum absolute atomic E-state index is 0.270. The Kier molecular flexibility index (Phi) is 4.32. The van der Waals surface area contributed by atoms with Gasteiger partial charge in [-0.3, -0.25) is 14.7 Å². The number of carbonyl (C=O) groups is 2. The third-order valence-corrected chi connectivity index (χ3v) is 3.12. The predicted molar refractivity (Wildman–Crippen MR) is 63.3 cm³/mol. The molecule has 0 aliphatic carbocycles. The predicted octanol–water partition coefficient (Wildman–Crippen LogP) is -0.666. The van der Waals surface area contributed by atoms with Gasteiger partial charge in [0.1, 0.15) is 0 Å². The Hall–Kier alpha value is -1.77. The maximum Gasteiger partial charge on any atom is 0.321 e. The monoisotopic (exact) mass is 258 g/mol. The zero-order chi connectivity index (χ0) is 13.0. The number of nitrogen functional groups attached to an aromatic ring is 1. The van der Waals surface area contributed by atoms with E-state index in [1.807, 2.05) is 0 Å². The molecular weight excluding hydrogens is 244 g/mol. The molecule has 0 bridgehead atoms. The van der Waals surface area contributed by atoms with Gasteiger partial charge < -0.3 is 11.1 Å². The summed E-state index contributed by atoms with van der Waals surface area (Å²) in [4.78, 5) is 22.5. The number of anilines is 1. The molecule has 3 amide bonds. The van der Waals surface area contributed by atoms with Crippen LogP contribution in [-0.2, 0) is 11.8 Å². The number of nitrogens with two attached hydrogens (primary N) is 1. The molecule has 0 radical (unpaired) electrons. The van der Waals surface area contributed by atoms with Crippen molar-refractivity contribution in [3.63, 3.8) is 0 Å². The lowest BCUT2D eigenvalue weighted by Crippen LogP contribution is -2.41. The maximum absolute atomic E-state index is 11.6. The maximum atomic E-state index is 11.6. The molecule has 94 valence electrons. The van der Waals surface area contributed by atoms with Crippen molar-refractivity contribution in [3.8, 4) is 0 Å². The van der Waals surface area contributed by atoms with Crippen LogP contribution < -0.4 is 16.4 Å². The topological polar surface area (TPSA) is 115 Å². The van der Waals surface area contributed by atoms with Gasteiger partial charge in [-0.2, -0.15) is 0 Å². The van der Waals surface area contributed by atoms with Gasteiger partial charge in [0.05, 0.1) is 5.25 Å². The third-order valence-electron chi connectivity index (χ3n) is 1.98. The molecule has 0 fully saturated rings. The summed E-state index contributed by atoms with van der Waals surface area (Å²) in [5, 5.41) is 12.0. The first-order chi connectivity index (χ1) is 7.95. The zero-order valence-corrected chi connectivity index (χ0v) is 10.5. The summed E-state index contributed by atoms with van der Waals surface area (Å²) in [5.74, 6) is -0.137. The summed E-state index contributed by atoms with van der Waals surface area (Å²) in [6, 6.07) is -0.542. The van der Waals surface area contributed by atoms with Gasteiger partial charge in [-0.15, -0.1) is 10.2 Å². The molecule has 1 aromatic rings. The number of amides is 3. The smallest absolute Gasteiger partial charge is 0.321 e. The Bertz CT molecular complexity index is 432. The first-order valence-corrected chi connectivity index (χ1v) is 5.67. The highest BCUT2D eigenvalue weighted by molar-refractivity contribution is 8.00. The van der Waals surface area contributed by atoms with E-state index < -0.39 is 17.2 Å². The second-order valence-electron chi connectivity index (χ2n) is 3.23. The second-order valence-corrected chi connectivity index (χ2v) is 4.54. The normalized spacial score (nSPS) is 11.9.